The van der Waals surface area contributed by atoms with Gasteiger partial charge in [-0.25, -0.2) is 0 Å². The van der Waals surface area contributed by atoms with E-state index in [0.717, 1.165) is 12.8 Å². The normalized spacial score (nSPS) is 10.5. The Bertz CT molecular complexity index is 474. The van der Waals surface area contributed by atoms with Gasteiger partial charge in [0.2, 0.25) is 0 Å². The highest BCUT2D eigenvalue weighted by molar-refractivity contribution is 5.67. The predicted octanol–water partition coefficient (Wildman–Crippen LogP) is 3.45. The van der Waals surface area contributed by atoms with Crippen LogP contribution in [0.2, 0.25) is 0 Å². The highest BCUT2D eigenvalue weighted by atomic mass is 16.2. The van der Waals surface area contributed by atoms with Crippen molar-refractivity contribution in [1.29, 1.82) is 0 Å². The zero-order chi connectivity index (χ0) is 12.1. The van der Waals surface area contributed by atoms with Crippen molar-refractivity contribution >= 4 is 0 Å². The van der Waals surface area contributed by atoms with E-state index in [0.29, 0.717) is 0 Å². The van der Waals surface area contributed by atoms with Gasteiger partial charge in [-0.3, -0.25) is 0 Å². The first kappa shape index (κ1) is 11.9. The van der Waals surface area contributed by atoms with E-state index in [9.17, 15) is 0 Å². The van der Waals surface area contributed by atoms with Gasteiger partial charge in [-0.15, -0.1) is 0 Å². The average Bonchev–Trinajstić information content (AvgIpc) is 2.40. The van der Waals surface area contributed by atoms with Crippen molar-refractivity contribution in [3.8, 4) is 11.1 Å². The van der Waals surface area contributed by atoms with E-state index in [4.69, 9.17) is 5.11 Å². The summed E-state index contributed by atoms with van der Waals surface area (Å²) < 4.78 is 0. The smallest absolute Gasteiger partial charge is 0.0471 e. The van der Waals surface area contributed by atoms with E-state index < -0.39 is 0 Å². The highest BCUT2D eigenvalue weighted by Gasteiger charge is 2.04. The molecule has 0 aromatic heterocycles. The molecule has 0 aliphatic heterocycles. The summed E-state index contributed by atoms with van der Waals surface area (Å²) in [6.07, 6.45) is 1.76. The molecule has 0 aliphatic carbocycles. The first-order valence-corrected chi connectivity index (χ1v) is 6.13. The zero-order valence-corrected chi connectivity index (χ0v) is 10.2. The van der Waals surface area contributed by atoms with Crippen LogP contribution in [0.25, 0.3) is 11.1 Å². The summed E-state index contributed by atoms with van der Waals surface area (Å²) in [6, 6.07) is 16.9. The predicted molar refractivity (Wildman–Crippen MR) is 72.0 cm³/mol. The lowest BCUT2D eigenvalue weighted by atomic mass is 9.95. The van der Waals surface area contributed by atoms with Crippen LogP contribution in [0.5, 0.6) is 0 Å². The van der Waals surface area contributed by atoms with Gasteiger partial charge in [-0.2, -0.15) is 0 Å². The molecule has 0 fully saturated rings. The van der Waals surface area contributed by atoms with Crippen molar-refractivity contribution < 1.29 is 5.11 Å². The van der Waals surface area contributed by atoms with E-state index in [2.05, 4.69) is 49.4 Å². The lowest BCUT2D eigenvalue weighted by Gasteiger charge is -2.10. The molecule has 0 bridgehead atoms. The molecule has 1 nitrogen and oxygen atoms in total. The van der Waals surface area contributed by atoms with Gasteiger partial charge in [0.1, 0.15) is 0 Å². The van der Waals surface area contributed by atoms with Gasteiger partial charge in [-0.05, 0) is 35.1 Å². The third kappa shape index (κ3) is 2.75. The van der Waals surface area contributed by atoms with Crippen LogP contribution in [0.4, 0.5) is 0 Å². The lowest BCUT2D eigenvalue weighted by Crippen LogP contribution is -1.94. The second kappa shape index (κ2) is 5.65. The molecule has 1 heteroatoms. The Hall–Kier alpha value is -1.60. The molecular formula is C16H18O. The van der Waals surface area contributed by atoms with Crippen LogP contribution >= 0.6 is 0 Å². The van der Waals surface area contributed by atoms with E-state index in [1.165, 1.54) is 22.3 Å². The number of benzene rings is 2. The first-order chi connectivity index (χ1) is 8.35. The zero-order valence-electron chi connectivity index (χ0n) is 10.2. The maximum absolute atomic E-state index is 8.97. The second-order valence-electron chi connectivity index (χ2n) is 4.18. The topological polar surface area (TPSA) is 20.2 Å². The summed E-state index contributed by atoms with van der Waals surface area (Å²) in [7, 11) is 0. The number of hydrogen-bond acceptors (Lipinski definition) is 1. The molecule has 1 N–H and O–H groups in total. The van der Waals surface area contributed by atoms with Crippen molar-refractivity contribution in [1.82, 2.24) is 0 Å². The van der Waals surface area contributed by atoms with Crippen LogP contribution in [0.1, 0.15) is 18.1 Å². The molecule has 17 heavy (non-hydrogen) atoms. The molecule has 2 rings (SSSR count). The van der Waals surface area contributed by atoms with Crippen LogP contribution in [-0.2, 0) is 12.8 Å². The van der Waals surface area contributed by atoms with E-state index >= 15 is 0 Å². The van der Waals surface area contributed by atoms with Gasteiger partial charge >= 0.3 is 0 Å². The number of aliphatic hydroxyl groups excluding tert-OH is 1. The standard InChI is InChI=1S/C16H18O/c1-2-14-12-13(10-11-17)8-9-16(14)15-6-4-3-5-7-15/h3-9,12,17H,2,10-11H2,1H3. The van der Waals surface area contributed by atoms with Gasteiger partial charge in [0.25, 0.3) is 0 Å². The summed E-state index contributed by atoms with van der Waals surface area (Å²) in [5.74, 6) is 0. The van der Waals surface area contributed by atoms with Gasteiger partial charge in [-0.1, -0.05) is 55.5 Å². The maximum Gasteiger partial charge on any atom is 0.0471 e. The number of aliphatic hydroxyl groups is 1. The minimum Gasteiger partial charge on any atom is -0.396 e. The van der Waals surface area contributed by atoms with Crippen LogP contribution in [0.3, 0.4) is 0 Å². The first-order valence-electron chi connectivity index (χ1n) is 6.13. The summed E-state index contributed by atoms with van der Waals surface area (Å²) in [5.41, 5.74) is 5.13. The van der Waals surface area contributed by atoms with Crippen LogP contribution in [0.15, 0.2) is 48.5 Å². The molecule has 2 aromatic carbocycles. The molecule has 0 atom stereocenters. The average molecular weight is 226 g/mol. The quantitative estimate of drug-likeness (QED) is 0.846. The largest absolute Gasteiger partial charge is 0.396 e. The number of rotatable bonds is 4. The minimum absolute atomic E-state index is 0.216. The molecular weight excluding hydrogens is 208 g/mol. The summed E-state index contributed by atoms with van der Waals surface area (Å²) in [5, 5.41) is 8.97. The fourth-order valence-corrected chi connectivity index (χ4v) is 2.12. The van der Waals surface area contributed by atoms with Gasteiger partial charge in [0.05, 0.1) is 0 Å². The van der Waals surface area contributed by atoms with E-state index in [1.54, 1.807) is 0 Å². The molecule has 2 aromatic rings. The number of aryl methyl sites for hydroxylation is 1. The Morgan fingerprint density at radius 2 is 1.76 bits per heavy atom. The molecule has 0 saturated heterocycles. The van der Waals surface area contributed by atoms with Gasteiger partial charge in [0, 0.05) is 6.61 Å². The Morgan fingerprint density at radius 1 is 1.00 bits per heavy atom. The maximum atomic E-state index is 8.97. The molecule has 0 spiro atoms. The van der Waals surface area contributed by atoms with E-state index in [-0.39, 0.29) is 6.61 Å². The molecule has 0 radical (unpaired) electrons. The summed E-state index contributed by atoms with van der Waals surface area (Å²) in [6.45, 7) is 2.39. The van der Waals surface area contributed by atoms with Crippen molar-refractivity contribution in [3.63, 3.8) is 0 Å². The van der Waals surface area contributed by atoms with Gasteiger partial charge < -0.3 is 5.11 Å². The number of hydrogen-bond donors (Lipinski definition) is 1. The van der Waals surface area contributed by atoms with Crippen molar-refractivity contribution in [3.05, 3.63) is 59.7 Å². The highest BCUT2D eigenvalue weighted by Crippen LogP contribution is 2.25. The van der Waals surface area contributed by atoms with Crippen LogP contribution < -0.4 is 0 Å². The Labute approximate surface area is 103 Å². The molecule has 0 amide bonds. The van der Waals surface area contributed by atoms with Crippen LogP contribution in [0, 0.1) is 0 Å². The molecule has 0 heterocycles. The van der Waals surface area contributed by atoms with Crippen molar-refractivity contribution in [2.24, 2.45) is 0 Å². The third-order valence-electron chi connectivity index (χ3n) is 3.04. The SMILES string of the molecule is CCc1cc(CCO)ccc1-c1ccccc1. The minimum atomic E-state index is 0.216. The fraction of sp³-hybridized carbons (Fsp3) is 0.250. The Kier molecular flexibility index (Phi) is 3.94. The van der Waals surface area contributed by atoms with E-state index in [1.807, 2.05) is 6.07 Å². The molecule has 0 aliphatic rings. The Morgan fingerprint density at radius 3 is 2.41 bits per heavy atom. The Balaban J connectivity index is 2.41. The van der Waals surface area contributed by atoms with Crippen molar-refractivity contribution in [2.45, 2.75) is 19.8 Å². The monoisotopic (exact) mass is 226 g/mol. The van der Waals surface area contributed by atoms with Gasteiger partial charge in [0.15, 0.2) is 0 Å². The molecule has 88 valence electrons. The lowest BCUT2D eigenvalue weighted by molar-refractivity contribution is 0.299. The van der Waals surface area contributed by atoms with Crippen molar-refractivity contribution in [2.75, 3.05) is 6.61 Å². The second-order valence-corrected chi connectivity index (χ2v) is 4.18. The molecule has 0 unspecified atom stereocenters. The third-order valence-corrected chi connectivity index (χ3v) is 3.04. The summed E-state index contributed by atoms with van der Waals surface area (Å²) in [4.78, 5) is 0. The van der Waals surface area contributed by atoms with Crippen LogP contribution in [-0.4, -0.2) is 11.7 Å². The molecule has 0 saturated carbocycles. The fourth-order valence-electron chi connectivity index (χ4n) is 2.12. The summed E-state index contributed by atoms with van der Waals surface area (Å²) >= 11 is 0.